The Bertz CT molecular complexity index is 1260. The molecule has 212 valence electrons. The highest BCUT2D eigenvalue weighted by Crippen LogP contribution is 2.48. The SMILES string of the molecule is CN(C)c1ccc(C(=O)NCCCCCNC(=O)CSC(c2ccccc2)(c2ccccc2)c2ccccc2)cc1. The molecule has 0 bridgehead atoms. The summed E-state index contributed by atoms with van der Waals surface area (Å²) >= 11 is 1.65. The zero-order valence-electron chi connectivity index (χ0n) is 23.9. The molecule has 0 atom stereocenters. The number of amides is 2. The van der Waals surface area contributed by atoms with Crippen LogP contribution in [0.2, 0.25) is 0 Å². The molecule has 4 aromatic rings. The first kappa shape index (κ1) is 29.9. The lowest BCUT2D eigenvalue weighted by atomic mass is 9.84. The third kappa shape index (κ3) is 8.01. The van der Waals surface area contributed by atoms with E-state index in [9.17, 15) is 9.59 Å². The number of hydrogen-bond acceptors (Lipinski definition) is 4. The molecule has 6 heteroatoms. The van der Waals surface area contributed by atoms with Gasteiger partial charge in [-0.2, -0.15) is 0 Å². The summed E-state index contributed by atoms with van der Waals surface area (Å²) in [5.74, 6) is 0.303. The maximum atomic E-state index is 13.0. The van der Waals surface area contributed by atoms with Crippen LogP contribution in [0.1, 0.15) is 46.3 Å². The quantitative estimate of drug-likeness (QED) is 0.135. The zero-order chi connectivity index (χ0) is 28.9. The highest BCUT2D eigenvalue weighted by atomic mass is 32.2. The number of rotatable bonds is 14. The molecule has 0 radical (unpaired) electrons. The van der Waals surface area contributed by atoms with Crippen LogP contribution in [-0.2, 0) is 9.54 Å². The van der Waals surface area contributed by atoms with E-state index in [1.807, 2.05) is 61.5 Å². The second-order valence-electron chi connectivity index (χ2n) is 10.2. The monoisotopic (exact) mass is 565 g/mol. The lowest BCUT2D eigenvalue weighted by Crippen LogP contribution is -2.31. The van der Waals surface area contributed by atoms with Gasteiger partial charge in [-0.25, -0.2) is 0 Å². The van der Waals surface area contributed by atoms with Crippen LogP contribution in [0.15, 0.2) is 115 Å². The highest BCUT2D eigenvalue weighted by Gasteiger charge is 2.37. The number of benzene rings is 4. The number of nitrogens with one attached hydrogen (secondary N) is 2. The number of unbranched alkanes of at least 4 members (excludes halogenated alkanes) is 2. The van der Waals surface area contributed by atoms with Gasteiger partial charge in [0.15, 0.2) is 0 Å². The summed E-state index contributed by atoms with van der Waals surface area (Å²) in [5.41, 5.74) is 5.16. The molecule has 0 aliphatic carbocycles. The van der Waals surface area contributed by atoms with Gasteiger partial charge in [0.1, 0.15) is 0 Å². The number of thioether (sulfide) groups is 1. The molecular formula is C35H39N3O2S. The van der Waals surface area contributed by atoms with Crippen LogP contribution in [0.3, 0.4) is 0 Å². The average molecular weight is 566 g/mol. The van der Waals surface area contributed by atoms with Gasteiger partial charge in [-0.1, -0.05) is 91.0 Å². The minimum absolute atomic E-state index is 0.0247. The molecule has 2 N–H and O–H groups in total. The Morgan fingerprint density at radius 3 is 1.56 bits per heavy atom. The first-order valence-electron chi connectivity index (χ1n) is 14.1. The fourth-order valence-electron chi connectivity index (χ4n) is 4.86. The number of nitrogens with zero attached hydrogens (tertiary/aromatic N) is 1. The molecule has 0 aliphatic rings. The van der Waals surface area contributed by atoms with E-state index >= 15 is 0 Å². The van der Waals surface area contributed by atoms with Gasteiger partial charge in [0.2, 0.25) is 5.91 Å². The van der Waals surface area contributed by atoms with E-state index in [1.165, 1.54) is 0 Å². The van der Waals surface area contributed by atoms with Gasteiger partial charge in [-0.15, -0.1) is 11.8 Å². The van der Waals surface area contributed by atoms with Crippen LogP contribution in [-0.4, -0.2) is 44.8 Å². The van der Waals surface area contributed by atoms with Crippen molar-refractivity contribution in [2.45, 2.75) is 24.0 Å². The maximum Gasteiger partial charge on any atom is 0.251 e. The Balaban J connectivity index is 1.27. The summed E-state index contributed by atoms with van der Waals surface area (Å²) in [6.45, 7) is 1.24. The lowest BCUT2D eigenvalue weighted by molar-refractivity contribution is -0.118. The van der Waals surface area contributed by atoms with Crippen molar-refractivity contribution in [2.75, 3.05) is 37.8 Å². The van der Waals surface area contributed by atoms with Crippen LogP contribution in [0.4, 0.5) is 5.69 Å². The Kier molecular flexibility index (Phi) is 11.0. The predicted octanol–water partition coefficient (Wildman–Crippen LogP) is 6.49. The van der Waals surface area contributed by atoms with Crippen LogP contribution in [0, 0.1) is 0 Å². The Hall–Kier alpha value is -4.03. The van der Waals surface area contributed by atoms with E-state index in [-0.39, 0.29) is 11.8 Å². The minimum atomic E-state index is -0.508. The molecule has 0 aliphatic heterocycles. The predicted molar refractivity (Wildman–Crippen MR) is 172 cm³/mol. The van der Waals surface area contributed by atoms with Gasteiger partial charge in [0.05, 0.1) is 10.5 Å². The first-order chi connectivity index (χ1) is 20.0. The van der Waals surface area contributed by atoms with Crippen LogP contribution in [0.25, 0.3) is 0 Å². The Morgan fingerprint density at radius 1 is 0.634 bits per heavy atom. The molecular weight excluding hydrogens is 526 g/mol. The molecule has 4 aromatic carbocycles. The smallest absolute Gasteiger partial charge is 0.251 e. The van der Waals surface area contributed by atoms with E-state index < -0.39 is 4.75 Å². The largest absolute Gasteiger partial charge is 0.378 e. The van der Waals surface area contributed by atoms with Gasteiger partial charge in [-0.05, 0) is 60.2 Å². The van der Waals surface area contributed by atoms with Crippen LogP contribution < -0.4 is 15.5 Å². The van der Waals surface area contributed by atoms with Crippen molar-refractivity contribution in [3.8, 4) is 0 Å². The highest BCUT2D eigenvalue weighted by molar-refractivity contribution is 8.01. The fourth-order valence-corrected chi connectivity index (χ4v) is 6.22. The maximum absolute atomic E-state index is 13.0. The van der Waals surface area contributed by atoms with E-state index in [0.717, 1.165) is 41.6 Å². The third-order valence-electron chi connectivity index (χ3n) is 7.07. The van der Waals surface area contributed by atoms with Crippen molar-refractivity contribution in [1.82, 2.24) is 10.6 Å². The summed E-state index contributed by atoms with van der Waals surface area (Å²) in [5, 5.41) is 6.09. The first-order valence-corrected chi connectivity index (χ1v) is 15.1. The minimum Gasteiger partial charge on any atom is -0.378 e. The van der Waals surface area contributed by atoms with Gasteiger partial charge < -0.3 is 15.5 Å². The van der Waals surface area contributed by atoms with E-state index in [0.29, 0.717) is 24.4 Å². The molecule has 0 aromatic heterocycles. The summed E-state index contributed by atoms with van der Waals surface area (Å²) in [6, 6.07) is 38.8. The topological polar surface area (TPSA) is 61.4 Å². The number of hydrogen-bond donors (Lipinski definition) is 2. The van der Waals surface area contributed by atoms with E-state index in [2.05, 4.69) is 83.4 Å². The molecule has 41 heavy (non-hydrogen) atoms. The molecule has 4 rings (SSSR count). The summed E-state index contributed by atoms with van der Waals surface area (Å²) in [6.07, 6.45) is 2.66. The molecule has 0 saturated heterocycles. The zero-order valence-corrected chi connectivity index (χ0v) is 24.7. The van der Waals surface area contributed by atoms with Gasteiger partial charge >= 0.3 is 0 Å². The Morgan fingerprint density at radius 2 is 1.10 bits per heavy atom. The molecule has 2 amide bonds. The van der Waals surface area contributed by atoms with Crippen LogP contribution >= 0.6 is 11.8 Å². The van der Waals surface area contributed by atoms with Crippen molar-refractivity contribution >= 4 is 29.3 Å². The van der Waals surface area contributed by atoms with Crippen molar-refractivity contribution in [3.05, 3.63) is 138 Å². The van der Waals surface area contributed by atoms with Gasteiger partial charge in [0.25, 0.3) is 5.91 Å². The van der Waals surface area contributed by atoms with Crippen molar-refractivity contribution in [2.24, 2.45) is 0 Å². The Labute approximate surface area is 248 Å². The molecule has 0 heterocycles. The summed E-state index contributed by atoms with van der Waals surface area (Å²) in [7, 11) is 3.95. The van der Waals surface area contributed by atoms with Gasteiger partial charge in [-0.3, -0.25) is 9.59 Å². The molecule has 0 unspecified atom stereocenters. The van der Waals surface area contributed by atoms with Gasteiger partial charge in [0, 0.05) is 38.4 Å². The van der Waals surface area contributed by atoms with E-state index in [1.54, 1.807) is 11.8 Å². The number of anilines is 1. The standard InChI is InChI=1S/C35H39N3O2S/c1-38(2)32-23-21-28(22-24-32)34(40)37-26-14-6-13-25-36-33(39)27-41-35(29-15-7-3-8-16-29,30-17-9-4-10-18-30)31-19-11-5-12-20-31/h3-5,7-12,15-24H,6,13-14,25-27H2,1-2H3,(H,36,39)(H,37,40). The van der Waals surface area contributed by atoms with Crippen molar-refractivity contribution < 1.29 is 9.59 Å². The third-order valence-corrected chi connectivity index (χ3v) is 8.61. The second-order valence-corrected chi connectivity index (χ2v) is 11.4. The van der Waals surface area contributed by atoms with Crippen LogP contribution in [0.5, 0.6) is 0 Å². The average Bonchev–Trinajstić information content (AvgIpc) is 3.02. The number of carbonyl (C=O) groups is 2. The second kappa shape index (κ2) is 15.1. The van der Waals surface area contributed by atoms with Crippen molar-refractivity contribution in [1.29, 1.82) is 0 Å². The number of carbonyl (C=O) groups excluding carboxylic acids is 2. The molecule has 0 spiro atoms. The normalized spacial score (nSPS) is 11.1. The molecule has 5 nitrogen and oxygen atoms in total. The summed E-state index contributed by atoms with van der Waals surface area (Å²) < 4.78 is -0.508. The summed E-state index contributed by atoms with van der Waals surface area (Å²) in [4.78, 5) is 27.4. The molecule has 0 fully saturated rings. The van der Waals surface area contributed by atoms with Crippen molar-refractivity contribution in [3.63, 3.8) is 0 Å². The fraction of sp³-hybridized carbons (Fsp3) is 0.257. The lowest BCUT2D eigenvalue weighted by Gasteiger charge is -2.35. The van der Waals surface area contributed by atoms with E-state index in [4.69, 9.17) is 0 Å². The molecule has 0 saturated carbocycles.